The first-order valence-corrected chi connectivity index (χ1v) is 9.93. The van der Waals surface area contributed by atoms with Crippen LogP contribution < -0.4 is 5.32 Å². The lowest BCUT2D eigenvalue weighted by atomic mass is 9.80. The van der Waals surface area contributed by atoms with Crippen LogP contribution in [0.2, 0.25) is 0 Å². The van der Waals surface area contributed by atoms with Gasteiger partial charge in [0.25, 0.3) is 0 Å². The van der Waals surface area contributed by atoms with Gasteiger partial charge in [-0.3, -0.25) is 4.21 Å². The molecule has 20 heavy (non-hydrogen) atoms. The summed E-state index contributed by atoms with van der Waals surface area (Å²) >= 11 is 0. The summed E-state index contributed by atoms with van der Waals surface area (Å²) in [6.45, 7) is 10.2. The summed E-state index contributed by atoms with van der Waals surface area (Å²) in [5.41, 5.74) is 0. The quantitative estimate of drug-likeness (QED) is 0.857. The Morgan fingerprint density at radius 2 is 1.80 bits per heavy atom. The Balaban J connectivity index is 2.07. The van der Waals surface area contributed by atoms with Crippen molar-refractivity contribution in [1.82, 2.24) is 5.32 Å². The Morgan fingerprint density at radius 3 is 2.45 bits per heavy atom. The van der Waals surface area contributed by atoms with E-state index in [-0.39, 0.29) is 0 Å². The number of hydrogen-bond donors (Lipinski definition) is 1. The normalized spacial score (nSPS) is 44.2. The summed E-state index contributed by atoms with van der Waals surface area (Å²) in [6.07, 6.45) is 7.44. The molecule has 0 aromatic rings. The van der Waals surface area contributed by atoms with Crippen molar-refractivity contribution in [3.63, 3.8) is 0 Å². The maximum Gasteiger partial charge on any atom is 0.0529 e. The lowest BCUT2D eigenvalue weighted by Gasteiger charge is -2.42. The van der Waals surface area contributed by atoms with Crippen molar-refractivity contribution in [2.75, 3.05) is 6.54 Å². The Morgan fingerprint density at radius 1 is 1.05 bits per heavy atom. The maximum atomic E-state index is 13.2. The van der Waals surface area contributed by atoms with Gasteiger partial charge in [0, 0.05) is 22.1 Å². The SMILES string of the molecule is CCNC1CC(C)CC(C)C1S(=O)C1CCCC(C)C1. The lowest BCUT2D eigenvalue weighted by Crippen LogP contribution is -2.52. The molecule has 118 valence electrons. The van der Waals surface area contributed by atoms with E-state index in [1.54, 1.807) is 0 Å². The van der Waals surface area contributed by atoms with Gasteiger partial charge in [0.1, 0.15) is 0 Å². The molecule has 2 fully saturated rings. The Kier molecular flexibility index (Phi) is 6.09. The van der Waals surface area contributed by atoms with Crippen LogP contribution in [0.5, 0.6) is 0 Å². The lowest BCUT2D eigenvalue weighted by molar-refractivity contribution is 0.246. The van der Waals surface area contributed by atoms with Crippen LogP contribution in [-0.4, -0.2) is 27.3 Å². The van der Waals surface area contributed by atoms with Crippen molar-refractivity contribution in [1.29, 1.82) is 0 Å². The third-order valence-corrected chi connectivity index (χ3v) is 7.75. The first-order chi connectivity index (χ1) is 9.52. The molecule has 2 saturated carbocycles. The summed E-state index contributed by atoms with van der Waals surface area (Å²) in [6, 6.07) is 0.469. The molecular weight excluding hydrogens is 266 g/mol. The molecule has 2 rings (SSSR count). The minimum atomic E-state index is -0.653. The number of rotatable bonds is 4. The molecular formula is C17H33NOS. The van der Waals surface area contributed by atoms with Crippen molar-refractivity contribution in [2.24, 2.45) is 17.8 Å². The van der Waals surface area contributed by atoms with E-state index in [0.717, 1.165) is 18.4 Å². The molecule has 0 aliphatic heterocycles. The fourth-order valence-electron chi connectivity index (χ4n) is 4.49. The van der Waals surface area contributed by atoms with E-state index in [9.17, 15) is 4.21 Å². The predicted molar refractivity (Wildman–Crippen MR) is 88.4 cm³/mol. The zero-order valence-corrected chi connectivity index (χ0v) is 14.5. The minimum absolute atomic E-state index is 0.376. The van der Waals surface area contributed by atoms with Gasteiger partial charge in [0.15, 0.2) is 0 Å². The monoisotopic (exact) mass is 299 g/mol. The summed E-state index contributed by atoms with van der Waals surface area (Å²) in [5.74, 6) is 2.14. The summed E-state index contributed by atoms with van der Waals surface area (Å²) in [4.78, 5) is 0. The van der Waals surface area contributed by atoms with E-state index in [1.165, 1.54) is 38.5 Å². The standard InChI is InChI=1S/C17H33NOS/c1-5-18-16-11-13(3)9-14(4)17(16)20(19)15-8-6-7-12(2)10-15/h12-18H,5-11H2,1-4H3. The fraction of sp³-hybridized carbons (Fsp3) is 1.00. The van der Waals surface area contributed by atoms with Gasteiger partial charge >= 0.3 is 0 Å². The molecule has 0 aromatic heterocycles. The largest absolute Gasteiger partial charge is 0.313 e. The molecule has 0 heterocycles. The van der Waals surface area contributed by atoms with Gasteiger partial charge in [-0.25, -0.2) is 0 Å². The van der Waals surface area contributed by atoms with Gasteiger partial charge in [-0.2, -0.15) is 0 Å². The van der Waals surface area contributed by atoms with Gasteiger partial charge in [0.2, 0.25) is 0 Å². The molecule has 0 spiro atoms. The Hall–Kier alpha value is 0.110. The Labute approximate surface area is 127 Å². The molecule has 2 aliphatic rings. The highest BCUT2D eigenvalue weighted by molar-refractivity contribution is 7.86. The molecule has 2 aliphatic carbocycles. The van der Waals surface area contributed by atoms with Crippen LogP contribution in [0.25, 0.3) is 0 Å². The van der Waals surface area contributed by atoms with Gasteiger partial charge < -0.3 is 5.32 Å². The zero-order chi connectivity index (χ0) is 14.7. The van der Waals surface area contributed by atoms with E-state index in [4.69, 9.17) is 0 Å². The van der Waals surface area contributed by atoms with Crippen molar-refractivity contribution in [3.05, 3.63) is 0 Å². The summed E-state index contributed by atoms with van der Waals surface area (Å²) < 4.78 is 13.2. The van der Waals surface area contributed by atoms with Gasteiger partial charge in [-0.05, 0) is 50.0 Å². The molecule has 7 atom stereocenters. The maximum absolute atomic E-state index is 13.2. The van der Waals surface area contributed by atoms with Crippen molar-refractivity contribution in [2.45, 2.75) is 82.8 Å². The summed E-state index contributed by atoms with van der Waals surface area (Å²) in [5, 5.41) is 4.47. The smallest absolute Gasteiger partial charge is 0.0529 e. The second-order valence-corrected chi connectivity index (χ2v) is 9.27. The van der Waals surface area contributed by atoms with E-state index in [2.05, 4.69) is 33.0 Å². The second-order valence-electron chi connectivity index (χ2n) is 7.40. The van der Waals surface area contributed by atoms with Crippen LogP contribution in [0.1, 0.15) is 66.2 Å². The van der Waals surface area contributed by atoms with Crippen LogP contribution in [0.3, 0.4) is 0 Å². The average Bonchev–Trinajstić information content (AvgIpc) is 2.38. The van der Waals surface area contributed by atoms with Crippen LogP contribution in [0, 0.1) is 17.8 Å². The third-order valence-electron chi connectivity index (χ3n) is 5.34. The molecule has 0 saturated heterocycles. The molecule has 0 amide bonds. The van der Waals surface area contributed by atoms with Crippen LogP contribution in [0.4, 0.5) is 0 Å². The fourth-order valence-corrected chi connectivity index (χ4v) is 6.96. The average molecular weight is 300 g/mol. The van der Waals surface area contributed by atoms with E-state index < -0.39 is 10.8 Å². The first-order valence-electron chi connectivity index (χ1n) is 8.65. The highest BCUT2D eigenvalue weighted by Gasteiger charge is 2.40. The van der Waals surface area contributed by atoms with Gasteiger partial charge in [-0.15, -0.1) is 0 Å². The van der Waals surface area contributed by atoms with Crippen molar-refractivity contribution >= 4 is 10.8 Å². The van der Waals surface area contributed by atoms with E-state index in [0.29, 0.717) is 22.5 Å². The highest BCUT2D eigenvalue weighted by atomic mass is 32.2. The molecule has 0 bridgehead atoms. The predicted octanol–water partition coefficient (Wildman–Crippen LogP) is 3.73. The van der Waals surface area contributed by atoms with E-state index >= 15 is 0 Å². The second kappa shape index (κ2) is 7.40. The molecule has 3 heteroatoms. The molecule has 0 aromatic carbocycles. The molecule has 1 N–H and O–H groups in total. The molecule has 0 radical (unpaired) electrons. The van der Waals surface area contributed by atoms with Crippen LogP contribution >= 0.6 is 0 Å². The number of hydrogen-bond acceptors (Lipinski definition) is 2. The summed E-state index contributed by atoms with van der Waals surface area (Å²) in [7, 11) is -0.653. The van der Waals surface area contributed by atoms with Crippen LogP contribution in [0.15, 0.2) is 0 Å². The van der Waals surface area contributed by atoms with Gasteiger partial charge in [-0.1, -0.05) is 40.5 Å². The van der Waals surface area contributed by atoms with Crippen molar-refractivity contribution in [3.8, 4) is 0 Å². The minimum Gasteiger partial charge on any atom is -0.313 e. The first kappa shape index (κ1) is 16.5. The topological polar surface area (TPSA) is 29.1 Å². The van der Waals surface area contributed by atoms with Gasteiger partial charge in [0.05, 0.1) is 5.25 Å². The Bertz CT molecular complexity index is 333. The molecule has 7 unspecified atom stereocenters. The highest BCUT2D eigenvalue weighted by Crippen LogP contribution is 2.36. The zero-order valence-electron chi connectivity index (χ0n) is 13.7. The number of nitrogens with one attached hydrogen (secondary N) is 1. The van der Waals surface area contributed by atoms with E-state index in [1.807, 2.05) is 0 Å². The van der Waals surface area contributed by atoms with Crippen LogP contribution in [-0.2, 0) is 10.8 Å². The third kappa shape index (κ3) is 3.85. The van der Waals surface area contributed by atoms with Crippen molar-refractivity contribution < 1.29 is 4.21 Å². The molecule has 2 nitrogen and oxygen atoms in total.